The second kappa shape index (κ2) is 3.48. The van der Waals surface area contributed by atoms with E-state index in [-0.39, 0.29) is 0 Å². The van der Waals surface area contributed by atoms with Gasteiger partial charge in [-0.05, 0) is 28.3 Å². The maximum absolute atomic E-state index is 5.95. The Labute approximate surface area is 92.6 Å². The number of hydrogen-bond acceptors (Lipinski definition) is 3. The van der Waals surface area contributed by atoms with Crippen molar-refractivity contribution in [1.29, 1.82) is 0 Å². The van der Waals surface area contributed by atoms with Crippen LogP contribution in [0.4, 0.5) is 0 Å². The van der Waals surface area contributed by atoms with E-state index in [1.54, 1.807) is 4.52 Å². The Morgan fingerprint density at radius 1 is 1.62 bits per heavy atom. The van der Waals surface area contributed by atoms with Crippen LogP contribution in [0.2, 0.25) is 5.15 Å². The number of hydrogen-bond donors (Lipinski definition) is 0. The van der Waals surface area contributed by atoms with Gasteiger partial charge in [-0.1, -0.05) is 23.4 Å². The first kappa shape index (κ1) is 9.30. The number of aromatic nitrogens is 3. The molecule has 2 aromatic rings. The van der Waals surface area contributed by atoms with Crippen molar-refractivity contribution >= 4 is 44.8 Å². The lowest BCUT2D eigenvalue weighted by atomic mass is 10.5. The van der Waals surface area contributed by atoms with Crippen molar-refractivity contribution < 1.29 is 0 Å². The third-order valence-corrected chi connectivity index (χ3v) is 2.80. The summed E-state index contributed by atoms with van der Waals surface area (Å²) < 4.78 is 2.66. The van der Waals surface area contributed by atoms with Crippen molar-refractivity contribution in [2.75, 3.05) is 6.26 Å². The second-order valence-electron chi connectivity index (χ2n) is 2.38. The summed E-state index contributed by atoms with van der Waals surface area (Å²) in [6.07, 6.45) is 3.76. The van der Waals surface area contributed by atoms with Crippen LogP contribution in [0.5, 0.6) is 0 Å². The third kappa shape index (κ3) is 1.68. The van der Waals surface area contributed by atoms with Crippen LogP contribution in [0, 0.1) is 0 Å². The molecule has 3 nitrogen and oxygen atoms in total. The van der Waals surface area contributed by atoms with Gasteiger partial charge in [-0.2, -0.15) is 0 Å². The molecule has 0 amide bonds. The molecule has 0 aliphatic carbocycles. The minimum absolute atomic E-state index is 0.477. The first-order valence-corrected chi connectivity index (χ1v) is 5.85. The van der Waals surface area contributed by atoms with Crippen LogP contribution in [0.25, 0.3) is 5.52 Å². The van der Waals surface area contributed by atoms with E-state index in [1.807, 2.05) is 18.5 Å². The van der Waals surface area contributed by atoms with E-state index in [9.17, 15) is 0 Å². The van der Waals surface area contributed by atoms with Gasteiger partial charge >= 0.3 is 0 Å². The molecule has 6 heteroatoms. The topological polar surface area (TPSA) is 30.2 Å². The maximum Gasteiger partial charge on any atom is 0.208 e. The average Bonchev–Trinajstić information content (AvgIpc) is 2.46. The molecular formula is C7H5BrClN3S. The summed E-state index contributed by atoms with van der Waals surface area (Å²) in [6, 6.07) is 1.88. The Balaban J connectivity index is 2.75. The van der Waals surface area contributed by atoms with Crippen molar-refractivity contribution in [2.24, 2.45) is 0 Å². The molecule has 2 aromatic heterocycles. The number of nitrogens with zero attached hydrogens (tertiary/aromatic N) is 3. The van der Waals surface area contributed by atoms with Gasteiger partial charge in [0.2, 0.25) is 5.16 Å². The van der Waals surface area contributed by atoms with E-state index in [0.717, 1.165) is 9.99 Å². The molecule has 0 aliphatic rings. The predicted molar refractivity (Wildman–Crippen MR) is 57.5 cm³/mol. The summed E-state index contributed by atoms with van der Waals surface area (Å²) in [6.45, 7) is 0. The van der Waals surface area contributed by atoms with Gasteiger partial charge in [0, 0.05) is 10.7 Å². The highest BCUT2D eigenvalue weighted by molar-refractivity contribution is 9.10. The standard InChI is InChI=1S/C7H5BrClN3S/c1-13-7-10-6(9)5-2-4(8)3-12(5)11-7/h2-3H,1H3. The summed E-state index contributed by atoms with van der Waals surface area (Å²) in [5, 5.41) is 5.37. The fourth-order valence-electron chi connectivity index (χ4n) is 0.999. The quantitative estimate of drug-likeness (QED) is 0.752. The van der Waals surface area contributed by atoms with E-state index in [2.05, 4.69) is 26.0 Å². The molecule has 0 saturated heterocycles. The molecule has 0 aliphatic heterocycles. The van der Waals surface area contributed by atoms with E-state index in [0.29, 0.717) is 10.3 Å². The maximum atomic E-state index is 5.95. The lowest BCUT2D eigenvalue weighted by molar-refractivity contribution is 0.798. The lowest BCUT2D eigenvalue weighted by Gasteiger charge is -1.98. The molecule has 0 aromatic carbocycles. The van der Waals surface area contributed by atoms with Crippen molar-refractivity contribution in [1.82, 2.24) is 14.6 Å². The Bertz CT molecular complexity index is 456. The summed E-state index contributed by atoms with van der Waals surface area (Å²) in [5.74, 6) is 0. The molecule has 2 rings (SSSR count). The predicted octanol–water partition coefficient (Wildman–Crippen LogP) is 2.87. The normalized spacial score (nSPS) is 11.0. The number of fused-ring (bicyclic) bond motifs is 1. The van der Waals surface area contributed by atoms with Gasteiger partial charge in [-0.25, -0.2) is 9.50 Å². The minimum atomic E-state index is 0.477. The molecule has 68 valence electrons. The van der Waals surface area contributed by atoms with Crippen LogP contribution < -0.4 is 0 Å². The van der Waals surface area contributed by atoms with Crippen LogP contribution in [0.15, 0.2) is 21.9 Å². The van der Waals surface area contributed by atoms with Gasteiger partial charge in [0.05, 0.1) is 0 Å². The molecule has 0 bridgehead atoms. The SMILES string of the molecule is CSc1nc(Cl)c2cc(Br)cn2n1. The van der Waals surface area contributed by atoms with Gasteiger partial charge in [0.25, 0.3) is 0 Å². The van der Waals surface area contributed by atoms with Crippen molar-refractivity contribution in [3.05, 3.63) is 21.9 Å². The molecular weight excluding hydrogens is 274 g/mol. The van der Waals surface area contributed by atoms with Gasteiger partial charge in [0.15, 0.2) is 5.15 Å². The van der Waals surface area contributed by atoms with Crippen LogP contribution in [0.1, 0.15) is 0 Å². The van der Waals surface area contributed by atoms with E-state index >= 15 is 0 Å². The van der Waals surface area contributed by atoms with Gasteiger partial charge in [-0.15, -0.1) is 5.10 Å². The molecule has 0 unspecified atom stereocenters. The first-order valence-electron chi connectivity index (χ1n) is 3.46. The number of halogens is 2. The minimum Gasteiger partial charge on any atom is -0.234 e. The smallest absolute Gasteiger partial charge is 0.208 e. The lowest BCUT2D eigenvalue weighted by Crippen LogP contribution is -1.95. The molecule has 2 heterocycles. The highest BCUT2D eigenvalue weighted by atomic mass is 79.9. The monoisotopic (exact) mass is 277 g/mol. The Morgan fingerprint density at radius 2 is 2.38 bits per heavy atom. The highest BCUT2D eigenvalue weighted by Crippen LogP contribution is 2.22. The van der Waals surface area contributed by atoms with Crippen molar-refractivity contribution in [2.45, 2.75) is 5.16 Å². The van der Waals surface area contributed by atoms with Crippen LogP contribution >= 0.6 is 39.3 Å². The molecule has 0 N–H and O–H groups in total. The molecule has 0 atom stereocenters. The molecule has 0 spiro atoms. The van der Waals surface area contributed by atoms with Crippen LogP contribution in [-0.2, 0) is 0 Å². The second-order valence-corrected chi connectivity index (χ2v) is 4.42. The zero-order valence-corrected chi connectivity index (χ0v) is 9.82. The zero-order valence-electron chi connectivity index (χ0n) is 6.66. The van der Waals surface area contributed by atoms with Gasteiger partial charge < -0.3 is 0 Å². The van der Waals surface area contributed by atoms with E-state index < -0.39 is 0 Å². The molecule has 13 heavy (non-hydrogen) atoms. The Kier molecular flexibility index (Phi) is 2.49. The number of rotatable bonds is 1. The molecule has 0 saturated carbocycles. The fourth-order valence-corrected chi connectivity index (χ4v) is 2.03. The summed E-state index contributed by atoms with van der Waals surface area (Å²) >= 11 is 10.8. The summed E-state index contributed by atoms with van der Waals surface area (Å²) in [4.78, 5) is 4.11. The Hall–Kier alpha value is -0.260. The van der Waals surface area contributed by atoms with Crippen molar-refractivity contribution in [3.8, 4) is 0 Å². The van der Waals surface area contributed by atoms with Crippen LogP contribution in [0.3, 0.4) is 0 Å². The number of thioether (sulfide) groups is 1. The first-order chi connectivity index (χ1) is 6.20. The third-order valence-electron chi connectivity index (χ3n) is 1.55. The van der Waals surface area contributed by atoms with Gasteiger partial charge in [-0.3, -0.25) is 0 Å². The van der Waals surface area contributed by atoms with Gasteiger partial charge in [0.1, 0.15) is 5.52 Å². The van der Waals surface area contributed by atoms with E-state index in [4.69, 9.17) is 11.6 Å². The average molecular weight is 279 g/mol. The summed E-state index contributed by atoms with van der Waals surface area (Å²) in [7, 11) is 0. The van der Waals surface area contributed by atoms with Crippen molar-refractivity contribution in [3.63, 3.8) is 0 Å². The fraction of sp³-hybridized carbons (Fsp3) is 0.143. The Morgan fingerprint density at radius 3 is 3.08 bits per heavy atom. The highest BCUT2D eigenvalue weighted by Gasteiger charge is 2.06. The zero-order chi connectivity index (χ0) is 9.42. The summed E-state index contributed by atoms with van der Waals surface area (Å²) in [5.41, 5.74) is 0.811. The molecule has 0 fully saturated rings. The van der Waals surface area contributed by atoms with Crippen LogP contribution in [-0.4, -0.2) is 20.9 Å². The van der Waals surface area contributed by atoms with E-state index in [1.165, 1.54) is 11.8 Å². The largest absolute Gasteiger partial charge is 0.234 e. The molecule has 0 radical (unpaired) electrons.